The molecule has 1 aromatic heterocycles. The zero-order chi connectivity index (χ0) is 16.6. The van der Waals surface area contributed by atoms with E-state index in [1.54, 1.807) is 22.8 Å². The number of rotatable bonds is 2. The van der Waals surface area contributed by atoms with Crippen molar-refractivity contribution < 1.29 is 19.1 Å². The molecule has 0 radical (unpaired) electrons. The Labute approximate surface area is 133 Å². The number of nitrogens with zero attached hydrogens (tertiary/aromatic N) is 1. The van der Waals surface area contributed by atoms with Crippen molar-refractivity contribution in [1.29, 1.82) is 0 Å². The van der Waals surface area contributed by atoms with Gasteiger partial charge in [-0.25, -0.2) is 9.36 Å². The van der Waals surface area contributed by atoms with Crippen LogP contribution in [0.3, 0.4) is 0 Å². The van der Waals surface area contributed by atoms with Crippen LogP contribution in [0.4, 0.5) is 4.79 Å². The lowest BCUT2D eigenvalue weighted by Crippen LogP contribution is -2.27. The van der Waals surface area contributed by atoms with Crippen LogP contribution < -0.4 is 4.74 Å². The highest BCUT2D eigenvalue weighted by atomic mass is 16.6. The molecule has 2 aromatic carbocycles. The van der Waals surface area contributed by atoms with E-state index in [9.17, 15) is 9.59 Å². The fourth-order valence-corrected chi connectivity index (χ4v) is 2.59. The zero-order valence-corrected chi connectivity index (χ0v) is 13.2. The predicted molar refractivity (Wildman–Crippen MR) is 87.8 cm³/mol. The van der Waals surface area contributed by atoms with Gasteiger partial charge in [0.25, 0.3) is 6.47 Å². The first-order valence-corrected chi connectivity index (χ1v) is 7.27. The van der Waals surface area contributed by atoms with Crippen molar-refractivity contribution in [1.82, 2.24) is 4.57 Å². The first-order chi connectivity index (χ1) is 10.9. The minimum Gasteiger partial charge on any atom is -0.443 e. The molecule has 0 spiro atoms. The molecule has 118 valence electrons. The van der Waals surface area contributed by atoms with Crippen LogP contribution in [0.25, 0.3) is 21.8 Å². The first-order valence-electron chi connectivity index (χ1n) is 7.27. The van der Waals surface area contributed by atoms with Crippen molar-refractivity contribution in [2.45, 2.75) is 26.4 Å². The fraction of sp³-hybridized carbons (Fsp3) is 0.222. The third kappa shape index (κ3) is 2.77. The molecule has 0 unspecified atom stereocenters. The summed E-state index contributed by atoms with van der Waals surface area (Å²) in [6.45, 7) is 5.87. The van der Waals surface area contributed by atoms with Gasteiger partial charge in [0, 0.05) is 10.8 Å². The Morgan fingerprint density at radius 3 is 2.43 bits per heavy atom. The van der Waals surface area contributed by atoms with Gasteiger partial charge in [0.2, 0.25) is 0 Å². The highest BCUT2D eigenvalue weighted by Crippen LogP contribution is 2.32. The standard InChI is InChI=1S/C18H17NO4/c1-18(2,3)23-17(21)19-15-7-5-4-6-13(15)14-10-12(22-11-20)8-9-16(14)19/h4-11H,1-3H3. The summed E-state index contributed by atoms with van der Waals surface area (Å²) in [5.74, 6) is 0.430. The van der Waals surface area contributed by atoms with Gasteiger partial charge in [-0.1, -0.05) is 18.2 Å². The van der Waals surface area contributed by atoms with Crippen LogP contribution in [0.5, 0.6) is 5.75 Å². The van der Waals surface area contributed by atoms with Crippen LogP contribution in [0.15, 0.2) is 42.5 Å². The molecule has 0 aliphatic rings. The maximum absolute atomic E-state index is 12.6. The zero-order valence-electron chi connectivity index (χ0n) is 13.2. The summed E-state index contributed by atoms with van der Waals surface area (Å²) in [5, 5.41) is 1.72. The average molecular weight is 311 g/mol. The number of hydrogen-bond donors (Lipinski definition) is 0. The number of para-hydroxylation sites is 1. The number of aromatic nitrogens is 1. The topological polar surface area (TPSA) is 57.5 Å². The van der Waals surface area contributed by atoms with Crippen molar-refractivity contribution in [3.63, 3.8) is 0 Å². The normalized spacial score (nSPS) is 11.6. The highest BCUT2D eigenvalue weighted by molar-refractivity contribution is 6.12. The molecule has 0 aliphatic carbocycles. The maximum Gasteiger partial charge on any atom is 0.419 e. The molecular weight excluding hydrogens is 294 g/mol. The lowest BCUT2D eigenvalue weighted by Gasteiger charge is -2.20. The van der Waals surface area contributed by atoms with E-state index in [1.165, 1.54) is 0 Å². The molecule has 3 aromatic rings. The average Bonchev–Trinajstić information content (AvgIpc) is 2.80. The lowest BCUT2D eigenvalue weighted by atomic mass is 10.1. The number of hydrogen-bond acceptors (Lipinski definition) is 4. The molecule has 1 heterocycles. The molecule has 0 saturated carbocycles. The second-order valence-corrected chi connectivity index (χ2v) is 6.23. The number of fused-ring (bicyclic) bond motifs is 3. The SMILES string of the molecule is CC(C)(C)OC(=O)n1c2ccccc2c2cc(OC=O)ccc21. The third-order valence-corrected chi connectivity index (χ3v) is 3.40. The quantitative estimate of drug-likeness (QED) is 0.668. The van der Waals surface area contributed by atoms with Gasteiger partial charge >= 0.3 is 6.09 Å². The molecule has 5 heteroatoms. The van der Waals surface area contributed by atoms with Crippen LogP contribution in [0, 0.1) is 0 Å². The summed E-state index contributed by atoms with van der Waals surface area (Å²) in [6, 6.07) is 12.7. The Morgan fingerprint density at radius 2 is 1.74 bits per heavy atom. The van der Waals surface area contributed by atoms with Crippen LogP contribution in [-0.2, 0) is 9.53 Å². The summed E-state index contributed by atoms with van der Waals surface area (Å²) in [7, 11) is 0. The molecule has 23 heavy (non-hydrogen) atoms. The minimum atomic E-state index is -0.588. The predicted octanol–water partition coefficient (Wildman–Crippen LogP) is 4.11. The number of carbonyl (C=O) groups is 2. The van der Waals surface area contributed by atoms with Crippen LogP contribution in [0.2, 0.25) is 0 Å². The Kier molecular flexibility index (Phi) is 3.56. The van der Waals surface area contributed by atoms with E-state index < -0.39 is 11.7 Å². The van der Waals surface area contributed by atoms with Gasteiger partial charge in [-0.2, -0.15) is 0 Å². The van der Waals surface area contributed by atoms with Crippen molar-refractivity contribution in [2.24, 2.45) is 0 Å². The summed E-state index contributed by atoms with van der Waals surface area (Å²) in [5.41, 5.74) is 0.869. The molecule has 0 aliphatic heterocycles. The van der Waals surface area contributed by atoms with Gasteiger partial charge in [0.15, 0.2) is 0 Å². The van der Waals surface area contributed by atoms with Gasteiger partial charge in [-0.3, -0.25) is 4.79 Å². The van der Waals surface area contributed by atoms with Crippen LogP contribution in [-0.4, -0.2) is 22.7 Å². The smallest absolute Gasteiger partial charge is 0.419 e. The Bertz CT molecular complexity index is 902. The van der Waals surface area contributed by atoms with Gasteiger partial charge in [-0.05, 0) is 45.0 Å². The lowest BCUT2D eigenvalue weighted by molar-refractivity contribution is -0.120. The van der Waals surface area contributed by atoms with E-state index in [4.69, 9.17) is 9.47 Å². The van der Waals surface area contributed by atoms with Gasteiger partial charge < -0.3 is 9.47 Å². The van der Waals surface area contributed by atoms with Gasteiger partial charge in [-0.15, -0.1) is 0 Å². The van der Waals surface area contributed by atoms with Crippen molar-refractivity contribution >= 4 is 34.4 Å². The second-order valence-electron chi connectivity index (χ2n) is 6.23. The number of benzene rings is 2. The number of ether oxygens (including phenoxy) is 2. The summed E-state index contributed by atoms with van der Waals surface area (Å²) in [6.07, 6.45) is -0.437. The molecule has 0 atom stereocenters. The van der Waals surface area contributed by atoms with Crippen molar-refractivity contribution in [3.05, 3.63) is 42.5 Å². The highest BCUT2D eigenvalue weighted by Gasteiger charge is 2.22. The Balaban J connectivity index is 2.26. The third-order valence-electron chi connectivity index (χ3n) is 3.40. The molecular formula is C18H17NO4. The molecule has 0 N–H and O–H groups in total. The van der Waals surface area contributed by atoms with E-state index >= 15 is 0 Å². The van der Waals surface area contributed by atoms with Crippen LogP contribution in [0.1, 0.15) is 20.8 Å². The first kappa shape index (κ1) is 15.1. The van der Waals surface area contributed by atoms with E-state index in [2.05, 4.69) is 0 Å². The molecule has 0 bridgehead atoms. The van der Waals surface area contributed by atoms with E-state index in [-0.39, 0.29) is 0 Å². The van der Waals surface area contributed by atoms with Crippen molar-refractivity contribution in [2.75, 3.05) is 0 Å². The molecule has 3 rings (SSSR count). The van der Waals surface area contributed by atoms with Crippen molar-refractivity contribution in [3.8, 4) is 5.75 Å². The molecule has 0 fully saturated rings. The van der Waals surface area contributed by atoms with Gasteiger partial charge in [0.05, 0.1) is 11.0 Å². The maximum atomic E-state index is 12.6. The molecule has 0 amide bonds. The Morgan fingerprint density at radius 1 is 1.04 bits per heavy atom. The van der Waals surface area contributed by atoms with E-state index in [0.29, 0.717) is 17.7 Å². The Hall–Kier alpha value is -2.82. The number of carbonyl (C=O) groups excluding carboxylic acids is 2. The van der Waals surface area contributed by atoms with E-state index in [1.807, 2.05) is 45.0 Å². The largest absolute Gasteiger partial charge is 0.443 e. The minimum absolute atomic E-state index is 0.383. The van der Waals surface area contributed by atoms with Gasteiger partial charge in [0.1, 0.15) is 11.4 Å². The van der Waals surface area contributed by atoms with E-state index in [0.717, 1.165) is 16.3 Å². The molecule has 0 saturated heterocycles. The van der Waals surface area contributed by atoms with Crippen LogP contribution >= 0.6 is 0 Å². The fourth-order valence-electron chi connectivity index (χ4n) is 2.59. The summed E-state index contributed by atoms with van der Waals surface area (Å²) >= 11 is 0. The summed E-state index contributed by atoms with van der Waals surface area (Å²) in [4.78, 5) is 23.2. The second kappa shape index (κ2) is 5.43. The monoisotopic (exact) mass is 311 g/mol. The summed E-state index contributed by atoms with van der Waals surface area (Å²) < 4.78 is 12.0. The molecule has 5 nitrogen and oxygen atoms in total.